The van der Waals surface area contributed by atoms with Gasteiger partial charge in [-0.05, 0) is 64.2 Å². The van der Waals surface area contributed by atoms with Gasteiger partial charge in [0.25, 0.3) is 0 Å². The lowest BCUT2D eigenvalue weighted by atomic mass is 10.0. The predicted octanol–water partition coefficient (Wildman–Crippen LogP) is 12.6. The molecule has 0 aromatic carbocycles. The van der Waals surface area contributed by atoms with E-state index in [1.54, 1.807) is 0 Å². The van der Waals surface area contributed by atoms with Gasteiger partial charge < -0.3 is 20.6 Å². The van der Waals surface area contributed by atoms with E-state index >= 15 is 0 Å². The Morgan fingerprint density at radius 3 is 1.16 bits per heavy atom. The molecule has 0 radical (unpaired) electrons. The highest BCUT2D eigenvalue weighted by Gasteiger charge is 2.26. The molecule has 0 fully saturated rings. The van der Waals surface area contributed by atoms with Crippen LogP contribution in [0.15, 0.2) is 24.3 Å². The topological polar surface area (TPSA) is 89.8 Å². The van der Waals surface area contributed by atoms with Gasteiger partial charge in [0.05, 0.1) is 18.8 Å². The highest BCUT2D eigenvalue weighted by atomic mass is 16.3. The average molecular weight is 706 g/mol. The minimum Gasteiger partial charge on any atom is -0.394 e. The molecule has 3 atom stereocenters. The lowest BCUT2D eigenvalue weighted by Gasteiger charge is -2.26. The third-order valence-corrected chi connectivity index (χ3v) is 10.3. The van der Waals surface area contributed by atoms with Gasteiger partial charge in [0.2, 0.25) is 5.91 Å². The second kappa shape index (κ2) is 40.6. The standard InChI is InChI=1S/C45H87NO4/c1-3-5-7-9-11-13-15-16-17-18-19-20-21-22-23-24-25-26-27-28-29-30-32-34-36-38-40-44(49)46-42(41-47)45(50)43(48)39-37-35-33-31-14-12-10-8-6-4-2/h22-23,31,33,42-43,45,47-48,50H,3-21,24-30,32,34-41H2,1-2H3,(H,46,49)/b23-22-,33-31+. The predicted molar refractivity (Wildman–Crippen MR) is 218 cm³/mol. The fourth-order valence-corrected chi connectivity index (χ4v) is 6.80. The number of carbonyl (C=O) groups is 1. The molecule has 4 N–H and O–H groups in total. The fraction of sp³-hybridized carbons (Fsp3) is 0.889. The van der Waals surface area contributed by atoms with Crippen LogP contribution in [-0.4, -0.2) is 46.1 Å². The molecule has 0 rings (SSSR count). The molecule has 50 heavy (non-hydrogen) atoms. The summed E-state index contributed by atoms with van der Waals surface area (Å²) >= 11 is 0. The van der Waals surface area contributed by atoms with Crippen LogP contribution in [0.2, 0.25) is 0 Å². The summed E-state index contributed by atoms with van der Waals surface area (Å²) in [6.45, 7) is 4.14. The molecule has 0 aliphatic carbocycles. The van der Waals surface area contributed by atoms with Crippen molar-refractivity contribution in [2.45, 2.75) is 250 Å². The minimum atomic E-state index is -1.16. The Hall–Kier alpha value is -1.17. The molecule has 0 bridgehead atoms. The van der Waals surface area contributed by atoms with Gasteiger partial charge in [-0.2, -0.15) is 0 Å². The fourth-order valence-electron chi connectivity index (χ4n) is 6.80. The lowest BCUT2D eigenvalue weighted by Crippen LogP contribution is -2.50. The number of aliphatic hydroxyl groups is 3. The number of hydrogen-bond acceptors (Lipinski definition) is 4. The molecule has 296 valence electrons. The second-order valence-electron chi connectivity index (χ2n) is 15.2. The van der Waals surface area contributed by atoms with Crippen LogP contribution in [0.25, 0.3) is 0 Å². The average Bonchev–Trinajstić information content (AvgIpc) is 3.12. The Kier molecular flexibility index (Phi) is 39.6. The maximum absolute atomic E-state index is 12.4. The largest absolute Gasteiger partial charge is 0.394 e. The highest BCUT2D eigenvalue weighted by Crippen LogP contribution is 2.15. The zero-order valence-corrected chi connectivity index (χ0v) is 33.5. The van der Waals surface area contributed by atoms with Gasteiger partial charge in [0, 0.05) is 6.42 Å². The number of amides is 1. The molecule has 0 aliphatic heterocycles. The van der Waals surface area contributed by atoms with Crippen molar-refractivity contribution in [1.82, 2.24) is 5.32 Å². The van der Waals surface area contributed by atoms with Gasteiger partial charge in [0.15, 0.2) is 0 Å². The summed E-state index contributed by atoms with van der Waals surface area (Å²) in [7, 11) is 0. The Labute approximate surface area is 312 Å². The summed E-state index contributed by atoms with van der Waals surface area (Å²) in [6, 6.07) is -0.823. The quantitative estimate of drug-likeness (QED) is 0.0377. The molecule has 1 amide bonds. The smallest absolute Gasteiger partial charge is 0.220 e. The van der Waals surface area contributed by atoms with Crippen molar-refractivity contribution >= 4 is 5.91 Å². The molecule has 5 nitrogen and oxygen atoms in total. The zero-order chi connectivity index (χ0) is 36.6. The van der Waals surface area contributed by atoms with E-state index in [1.807, 2.05) is 0 Å². The summed E-state index contributed by atoms with van der Waals surface area (Å²) in [4.78, 5) is 12.4. The molecule has 0 saturated carbocycles. The van der Waals surface area contributed by atoms with E-state index in [0.29, 0.717) is 12.8 Å². The van der Waals surface area contributed by atoms with E-state index in [0.717, 1.165) is 38.5 Å². The first-order valence-corrected chi connectivity index (χ1v) is 22.1. The Bertz CT molecular complexity index is 739. The summed E-state index contributed by atoms with van der Waals surface area (Å²) in [5.74, 6) is -0.156. The summed E-state index contributed by atoms with van der Waals surface area (Å²) in [5.41, 5.74) is 0. The highest BCUT2D eigenvalue weighted by molar-refractivity contribution is 5.76. The van der Waals surface area contributed by atoms with Crippen LogP contribution in [0.3, 0.4) is 0 Å². The van der Waals surface area contributed by atoms with Crippen LogP contribution in [0, 0.1) is 0 Å². The van der Waals surface area contributed by atoms with E-state index < -0.39 is 18.2 Å². The minimum absolute atomic E-state index is 0.156. The van der Waals surface area contributed by atoms with Crippen LogP contribution in [0.5, 0.6) is 0 Å². The van der Waals surface area contributed by atoms with Crippen LogP contribution in [-0.2, 0) is 4.79 Å². The Morgan fingerprint density at radius 2 is 0.800 bits per heavy atom. The number of nitrogens with one attached hydrogen (secondary N) is 1. The summed E-state index contributed by atoms with van der Waals surface area (Å²) in [5, 5.41) is 33.3. The summed E-state index contributed by atoms with van der Waals surface area (Å²) < 4.78 is 0. The van der Waals surface area contributed by atoms with E-state index in [9.17, 15) is 20.1 Å². The number of carbonyl (C=O) groups excluding carboxylic acids is 1. The lowest BCUT2D eigenvalue weighted by molar-refractivity contribution is -0.124. The molecule has 0 spiro atoms. The van der Waals surface area contributed by atoms with E-state index in [2.05, 4.69) is 43.5 Å². The van der Waals surface area contributed by atoms with Crippen molar-refractivity contribution < 1.29 is 20.1 Å². The van der Waals surface area contributed by atoms with Gasteiger partial charge in [-0.1, -0.05) is 186 Å². The molecule has 0 aliphatic rings. The van der Waals surface area contributed by atoms with Crippen LogP contribution < -0.4 is 5.32 Å². The number of aliphatic hydroxyl groups excluding tert-OH is 3. The molecule has 0 aromatic rings. The molecule has 0 aromatic heterocycles. The molecular formula is C45H87NO4. The monoisotopic (exact) mass is 706 g/mol. The molecule has 0 saturated heterocycles. The first-order chi connectivity index (χ1) is 24.6. The normalized spacial score (nSPS) is 13.8. The number of unbranched alkanes of at least 4 members (excludes halogenated alkanes) is 28. The van der Waals surface area contributed by atoms with Crippen LogP contribution >= 0.6 is 0 Å². The van der Waals surface area contributed by atoms with Crippen molar-refractivity contribution in [3.63, 3.8) is 0 Å². The Morgan fingerprint density at radius 1 is 0.480 bits per heavy atom. The number of rotatable bonds is 40. The van der Waals surface area contributed by atoms with Gasteiger partial charge in [-0.15, -0.1) is 0 Å². The molecule has 3 unspecified atom stereocenters. The molecule has 0 heterocycles. The van der Waals surface area contributed by atoms with Crippen molar-refractivity contribution in [2.75, 3.05) is 6.61 Å². The van der Waals surface area contributed by atoms with Crippen molar-refractivity contribution in [1.29, 1.82) is 0 Å². The summed E-state index contributed by atoms with van der Waals surface area (Å²) in [6.07, 6.45) is 48.8. The third-order valence-electron chi connectivity index (χ3n) is 10.3. The SMILES string of the molecule is CCCCCCC/C=C/CCCC(O)C(O)C(CO)NC(=O)CCCCCCCCCCCC/C=C\CCCCCCCCCCCCCC. The van der Waals surface area contributed by atoms with Gasteiger partial charge in [0.1, 0.15) is 6.10 Å². The second-order valence-corrected chi connectivity index (χ2v) is 15.2. The maximum atomic E-state index is 12.4. The van der Waals surface area contributed by atoms with Crippen molar-refractivity contribution in [3.8, 4) is 0 Å². The van der Waals surface area contributed by atoms with Crippen LogP contribution in [0.4, 0.5) is 0 Å². The first-order valence-electron chi connectivity index (χ1n) is 22.1. The number of allylic oxidation sites excluding steroid dienone is 4. The molecule has 5 heteroatoms. The molecular weight excluding hydrogens is 618 g/mol. The Balaban J connectivity index is 3.56. The van der Waals surface area contributed by atoms with Gasteiger partial charge >= 0.3 is 0 Å². The van der Waals surface area contributed by atoms with Crippen molar-refractivity contribution in [2.24, 2.45) is 0 Å². The van der Waals surface area contributed by atoms with E-state index in [1.165, 1.54) is 167 Å². The van der Waals surface area contributed by atoms with E-state index in [-0.39, 0.29) is 12.5 Å². The van der Waals surface area contributed by atoms with Gasteiger partial charge in [-0.25, -0.2) is 0 Å². The maximum Gasteiger partial charge on any atom is 0.220 e. The first kappa shape index (κ1) is 48.8. The van der Waals surface area contributed by atoms with Gasteiger partial charge in [-0.3, -0.25) is 4.79 Å². The van der Waals surface area contributed by atoms with E-state index in [4.69, 9.17) is 0 Å². The third kappa shape index (κ3) is 35.2. The number of hydrogen-bond donors (Lipinski definition) is 4. The van der Waals surface area contributed by atoms with Crippen molar-refractivity contribution in [3.05, 3.63) is 24.3 Å². The van der Waals surface area contributed by atoms with Crippen LogP contribution in [0.1, 0.15) is 232 Å². The zero-order valence-electron chi connectivity index (χ0n) is 33.5.